The van der Waals surface area contributed by atoms with Crippen LogP contribution in [0.1, 0.15) is 36.1 Å². The molecule has 0 aliphatic carbocycles. The Morgan fingerprint density at radius 2 is 2.23 bits per heavy atom. The zero-order chi connectivity index (χ0) is 15.7. The number of hydrogen-bond acceptors (Lipinski definition) is 3. The molecule has 0 aromatic carbocycles. The van der Waals surface area contributed by atoms with Crippen LogP contribution in [-0.2, 0) is 11.3 Å². The molecule has 3 heterocycles. The van der Waals surface area contributed by atoms with Gasteiger partial charge in [-0.2, -0.15) is 0 Å². The Morgan fingerprint density at radius 3 is 2.91 bits per heavy atom. The van der Waals surface area contributed by atoms with Gasteiger partial charge in [0.1, 0.15) is 5.69 Å². The highest BCUT2D eigenvalue weighted by atomic mass is 32.1. The van der Waals surface area contributed by atoms with E-state index < -0.39 is 0 Å². The lowest BCUT2D eigenvalue weighted by Crippen LogP contribution is -2.54. The van der Waals surface area contributed by atoms with Gasteiger partial charge in [-0.1, -0.05) is 6.07 Å². The largest absolute Gasteiger partial charge is 0.369 e. The summed E-state index contributed by atoms with van der Waals surface area (Å²) in [6.45, 7) is 8.11. The number of ether oxygens (including phenoxy) is 1. The molecular weight excluding hydrogens is 296 g/mol. The second-order valence-electron chi connectivity index (χ2n) is 6.47. The monoisotopic (exact) mass is 318 g/mol. The van der Waals surface area contributed by atoms with Gasteiger partial charge in [0.25, 0.3) is 5.91 Å². The predicted molar refractivity (Wildman–Crippen MR) is 88.4 cm³/mol. The van der Waals surface area contributed by atoms with Gasteiger partial charge in [-0.15, -0.1) is 11.3 Å². The summed E-state index contributed by atoms with van der Waals surface area (Å²) in [5.41, 5.74) is 0.455. The van der Waals surface area contributed by atoms with Crippen molar-refractivity contribution in [3.05, 3.63) is 46.4 Å². The van der Waals surface area contributed by atoms with Crippen LogP contribution in [0.4, 0.5) is 0 Å². The van der Waals surface area contributed by atoms with Gasteiger partial charge in [-0.3, -0.25) is 4.79 Å². The smallest absolute Gasteiger partial charge is 0.270 e. The zero-order valence-corrected chi connectivity index (χ0v) is 14.1. The SMILES string of the molecule is C[C@H]1CN(C(=O)c2cccn2Cc2cccs2)CC(C)(C)O1. The molecule has 1 atom stereocenters. The normalized spacial score (nSPS) is 21.0. The Morgan fingerprint density at radius 1 is 1.41 bits per heavy atom. The van der Waals surface area contributed by atoms with Crippen LogP contribution in [0.3, 0.4) is 0 Å². The third-order valence-corrected chi connectivity index (χ3v) is 4.67. The molecule has 0 spiro atoms. The van der Waals surface area contributed by atoms with Crippen LogP contribution < -0.4 is 0 Å². The molecule has 4 nitrogen and oxygen atoms in total. The molecule has 2 aromatic heterocycles. The van der Waals surface area contributed by atoms with Crippen LogP contribution in [0.25, 0.3) is 0 Å². The second-order valence-corrected chi connectivity index (χ2v) is 7.51. The summed E-state index contributed by atoms with van der Waals surface area (Å²) in [6, 6.07) is 7.98. The van der Waals surface area contributed by atoms with Crippen molar-refractivity contribution < 1.29 is 9.53 Å². The minimum absolute atomic E-state index is 0.0633. The molecule has 0 radical (unpaired) electrons. The topological polar surface area (TPSA) is 34.5 Å². The Balaban J connectivity index is 1.79. The van der Waals surface area contributed by atoms with Crippen molar-refractivity contribution in [1.29, 1.82) is 0 Å². The van der Waals surface area contributed by atoms with Gasteiger partial charge in [0.05, 0.1) is 18.2 Å². The van der Waals surface area contributed by atoms with Gasteiger partial charge in [-0.25, -0.2) is 0 Å². The van der Waals surface area contributed by atoms with Gasteiger partial charge in [0, 0.05) is 24.2 Å². The molecule has 22 heavy (non-hydrogen) atoms. The van der Waals surface area contributed by atoms with Crippen molar-refractivity contribution >= 4 is 17.2 Å². The van der Waals surface area contributed by atoms with Crippen LogP contribution in [-0.4, -0.2) is 40.2 Å². The van der Waals surface area contributed by atoms with Crippen molar-refractivity contribution in [2.24, 2.45) is 0 Å². The van der Waals surface area contributed by atoms with E-state index in [1.807, 2.05) is 54.6 Å². The fourth-order valence-corrected chi connectivity index (χ4v) is 3.79. The van der Waals surface area contributed by atoms with Crippen molar-refractivity contribution in [1.82, 2.24) is 9.47 Å². The van der Waals surface area contributed by atoms with Gasteiger partial charge in [0.15, 0.2) is 0 Å². The number of nitrogens with zero attached hydrogens (tertiary/aromatic N) is 2. The van der Waals surface area contributed by atoms with Crippen LogP contribution in [0, 0.1) is 0 Å². The lowest BCUT2D eigenvalue weighted by atomic mass is 10.1. The molecule has 0 bridgehead atoms. The highest BCUT2D eigenvalue weighted by molar-refractivity contribution is 7.09. The maximum Gasteiger partial charge on any atom is 0.270 e. The van der Waals surface area contributed by atoms with E-state index in [2.05, 4.69) is 11.4 Å². The number of morpholine rings is 1. The standard InChI is InChI=1S/C17H22N2O2S/c1-13-10-19(12-17(2,3)21-13)16(20)15-7-4-8-18(15)11-14-6-5-9-22-14/h4-9,13H,10-12H2,1-3H3/t13-/m0/s1. The summed E-state index contributed by atoms with van der Waals surface area (Å²) in [5.74, 6) is 0.0878. The molecule has 1 aliphatic heterocycles. The highest BCUT2D eigenvalue weighted by Gasteiger charge is 2.34. The predicted octanol–water partition coefficient (Wildman–Crippen LogP) is 3.24. The molecule has 1 amide bonds. The number of aromatic nitrogens is 1. The van der Waals surface area contributed by atoms with Crippen molar-refractivity contribution in [3.63, 3.8) is 0 Å². The Hall–Kier alpha value is -1.59. The minimum Gasteiger partial charge on any atom is -0.369 e. The fraction of sp³-hybridized carbons (Fsp3) is 0.471. The first-order valence-electron chi connectivity index (χ1n) is 7.59. The maximum absolute atomic E-state index is 12.9. The van der Waals surface area contributed by atoms with Gasteiger partial charge in [0.2, 0.25) is 0 Å². The van der Waals surface area contributed by atoms with Gasteiger partial charge >= 0.3 is 0 Å². The summed E-state index contributed by atoms with van der Waals surface area (Å²) in [4.78, 5) is 16.1. The Kier molecular flexibility index (Phi) is 4.10. The first-order chi connectivity index (χ1) is 10.4. The Labute approximate surface area is 135 Å². The Bertz CT molecular complexity index is 645. The molecule has 118 valence electrons. The lowest BCUT2D eigenvalue weighted by molar-refractivity contribution is -0.119. The minimum atomic E-state index is -0.293. The van der Waals surface area contributed by atoms with E-state index in [1.54, 1.807) is 11.3 Å². The third-order valence-electron chi connectivity index (χ3n) is 3.81. The molecule has 2 aromatic rings. The number of thiophene rings is 1. The number of rotatable bonds is 3. The first-order valence-corrected chi connectivity index (χ1v) is 8.47. The van der Waals surface area contributed by atoms with Crippen molar-refractivity contribution in [2.45, 2.75) is 39.0 Å². The maximum atomic E-state index is 12.9. The molecular formula is C17H22N2O2S. The number of hydrogen-bond donors (Lipinski definition) is 0. The molecule has 5 heteroatoms. The van der Waals surface area contributed by atoms with E-state index in [0.717, 1.165) is 12.2 Å². The van der Waals surface area contributed by atoms with E-state index in [0.29, 0.717) is 13.1 Å². The summed E-state index contributed by atoms with van der Waals surface area (Å²) in [5, 5.41) is 2.06. The van der Waals surface area contributed by atoms with Crippen LogP contribution in [0.15, 0.2) is 35.8 Å². The zero-order valence-electron chi connectivity index (χ0n) is 13.3. The molecule has 1 saturated heterocycles. The summed E-state index contributed by atoms with van der Waals surface area (Å²) in [7, 11) is 0. The average molecular weight is 318 g/mol. The number of carbonyl (C=O) groups excluding carboxylic acids is 1. The molecule has 1 fully saturated rings. The molecule has 3 rings (SSSR count). The molecule has 0 N–H and O–H groups in total. The van der Waals surface area contributed by atoms with Crippen LogP contribution in [0.2, 0.25) is 0 Å². The molecule has 0 saturated carbocycles. The number of amides is 1. The second kappa shape index (κ2) is 5.89. The summed E-state index contributed by atoms with van der Waals surface area (Å²) < 4.78 is 7.92. The van der Waals surface area contributed by atoms with E-state index in [4.69, 9.17) is 4.74 Å². The third kappa shape index (κ3) is 3.25. The van der Waals surface area contributed by atoms with Crippen molar-refractivity contribution in [2.75, 3.05) is 13.1 Å². The molecule has 0 unspecified atom stereocenters. The quantitative estimate of drug-likeness (QED) is 0.871. The van der Waals surface area contributed by atoms with Crippen molar-refractivity contribution in [3.8, 4) is 0 Å². The van der Waals surface area contributed by atoms with E-state index in [-0.39, 0.29) is 17.6 Å². The summed E-state index contributed by atoms with van der Waals surface area (Å²) in [6.07, 6.45) is 2.04. The van der Waals surface area contributed by atoms with E-state index in [9.17, 15) is 4.79 Å². The van der Waals surface area contributed by atoms with Crippen LogP contribution in [0.5, 0.6) is 0 Å². The van der Waals surface area contributed by atoms with Crippen LogP contribution >= 0.6 is 11.3 Å². The molecule has 1 aliphatic rings. The van der Waals surface area contributed by atoms with Gasteiger partial charge < -0.3 is 14.2 Å². The lowest BCUT2D eigenvalue weighted by Gasteiger charge is -2.41. The number of carbonyl (C=O) groups is 1. The van der Waals surface area contributed by atoms with Gasteiger partial charge in [-0.05, 0) is 44.4 Å². The van der Waals surface area contributed by atoms with E-state index >= 15 is 0 Å². The highest BCUT2D eigenvalue weighted by Crippen LogP contribution is 2.23. The van der Waals surface area contributed by atoms with E-state index in [1.165, 1.54) is 4.88 Å². The average Bonchev–Trinajstić information content (AvgIpc) is 3.07. The fourth-order valence-electron chi connectivity index (χ4n) is 3.09. The summed E-state index contributed by atoms with van der Waals surface area (Å²) >= 11 is 1.71. The first kappa shape index (κ1) is 15.3.